The average Bonchev–Trinajstić information content (AvgIpc) is 3.17. The van der Waals surface area contributed by atoms with Crippen LogP contribution < -0.4 is 5.32 Å². The molecular weight excluding hydrogens is 332 g/mol. The van der Waals surface area contributed by atoms with Gasteiger partial charge in [-0.1, -0.05) is 48.0 Å². The number of Topliss-reactive ketones (excluding diaryl/α,β-unsaturated/α-hetero) is 1. The van der Waals surface area contributed by atoms with E-state index in [9.17, 15) is 4.79 Å². The number of nitrogens with zero attached hydrogens (tertiary/aromatic N) is 3. The molecule has 6 heteroatoms. The molecule has 0 saturated heterocycles. The smallest absolute Gasteiger partial charge is 0.214 e. The zero-order valence-corrected chi connectivity index (χ0v) is 14.8. The number of thioether (sulfide) groups is 1. The van der Waals surface area contributed by atoms with Crippen molar-refractivity contribution in [1.29, 1.82) is 0 Å². The Bertz CT molecular complexity index is 872. The molecule has 0 spiro atoms. The number of allylic oxidation sites excluding steroid dienone is 1. The van der Waals surface area contributed by atoms with Crippen LogP contribution in [0.25, 0.3) is 5.70 Å². The Morgan fingerprint density at radius 3 is 2.40 bits per heavy atom. The van der Waals surface area contributed by atoms with Crippen LogP contribution in [0, 0.1) is 6.92 Å². The Morgan fingerprint density at radius 2 is 1.80 bits per heavy atom. The number of hydrogen-bond acceptors (Lipinski definition) is 5. The number of carbonyl (C=O) groups excluding carboxylic acids is 1. The molecule has 126 valence electrons. The van der Waals surface area contributed by atoms with Gasteiger partial charge in [0.2, 0.25) is 5.78 Å². The van der Waals surface area contributed by atoms with Crippen LogP contribution in [0.5, 0.6) is 0 Å². The number of benzene rings is 2. The number of aromatic nitrogens is 3. The van der Waals surface area contributed by atoms with E-state index in [2.05, 4.69) is 15.4 Å². The Kier molecular flexibility index (Phi) is 5.30. The average molecular weight is 350 g/mol. The summed E-state index contributed by atoms with van der Waals surface area (Å²) in [5, 5.41) is 8.20. The van der Waals surface area contributed by atoms with Crippen molar-refractivity contribution >= 4 is 28.9 Å². The molecule has 0 bridgehead atoms. The SMILES string of the molecule is CSC(Nc1ccc(C)cc1)=C(C(=O)c1ccccc1)n1cncn1. The fourth-order valence-corrected chi connectivity index (χ4v) is 2.94. The van der Waals surface area contributed by atoms with Gasteiger partial charge in [-0.3, -0.25) is 4.79 Å². The Balaban J connectivity index is 2.06. The van der Waals surface area contributed by atoms with Gasteiger partial charge in [-0.05, 0) is 25.3 Å². The summed E-state index contributed by atoms with van der Waals surface area (Å²) in [5.74, 6) is -0.116. The quantitative estimate of drug-likeness (QED) is 0.536. The minimum atomic E-state index is -0.116. The lowest BCUT2D eigenvalue weighted by Gasteiger charge is -2.15. The summed E-state index contributed by atoms with van der Waals surface area (Å²) in [6.07, 6.45) is 4.87. The summed E-state index contributed by atoms with van der Waals surface area (Å²) in [6.45, 7) is 2.04. The van der Waals surface area contributed by atoms with E-state index in [0.29, 0.717) is 16.3 Å². The molecule has 1 aromatic heterocycles. The van der Waals surface area contributed by atoms with E-state index in [0.717, 1.165) is 5.69 Å². The highest BCUT2D eigenvalue weighted by atomic mass is 32.2. The molecule has 1 heterocycles. The van der Waals surface area contributed by atoms with Gasteiger partial charge in [0.25, 0.3) is 0 Å². The van der Waals surface area contributed by atoms with E-state index in [-0.39, 0.29) is 5.78 Å². The highest BCUT2D eigenvalue weighted by Gasteiger charge is 2.20. The van der Waals surface area contributed by atoms with Gasteiger partial charge >= 0.3 is 0 Å². The normalized spacial score (nSPS) is 11.8. The maximum absolute atomic E-state index is 13.1. The van der Waals surface area contributed by atoms with Gasteiger partial charge in [-0.2, -0.15) is 5.10 Å². The van der Waals surface area contributed by atoms with E-state index in [1.807, 2.05) is 55.6 Å². The first-order valence-corrected chi connectivity index (χ1v) is 8.98. The van der Waals surface area contributed by atoms with Crippen LogP contribution in [0.3, 0.4) is 0 Å². The van der Waals surface area contributed by atoms with Gasteiger partial charge < -0.3 is 5.32 Å². The molecule has 0 unspecified atom stereocenters. The van der Waals surface area contributed by atoms with E-state index in [1.54, 1.807) is 12.1 Å². The standard InChI is InChI=1S/C19H18N4OS/c1-14-8-10-16(11-9-14)22-19(25-2)17(23-13-20-12-21-23)18(24)15-6-4-3-5-7-15/h3-13,22H,1-2H3. The Labute approximate surface area is 150 Å². The van der Waals surface area contributed by atoms with Gasteiger partial charge in [0.05, 0.1) is 0 Å². The van der Waals surface area contributed by atoms with Crippen LogP contribution in [0.4, 0.5) is 5.69 Å². The van der Waals surface area contributed by atoms with Crippen LogP contribution in [0.15, 0.2) is 72.3 Å². The first-order chi connectivity index (χ1) is 12.2. The zero-order valence-electron chi connectivity index (χ0n) is 14.0. The number of carbonyl (C=O) groups is 1. The van der Waals surface area contributed by atoms with Gasteiger partial charge in [-0.25, -0.2) is 9.67 Å². The van der Waals surface area contributed by atoms with E-state index < -0.39 is 0 Å². The minimum absolute atomic E-state index is 0.116. The predicted octanol–water partition coefficient (Wildman–Crippen LogP) is 4.07. The van der Waals surface area contributed by atoms with Crippen molar-refractivity contribution in [2.75, 3.05) is 11.6 Å². The van der Waals surface area contributed by atoms with E-state index in [4.69, 9.17) is 0 Å². The van der Waals surface area contributed by atoms with E-state index in [1.165, 1.54) is 34.7 Å². The molecule has 3 rings (SSSR count). The highest BCUT2D eigenvalue weighted by Crippen LogP contribution is 2.26. The van der Waals surface area contributed by atoms with Crippen molar-refractivity contribution in [2.24, 2.45) is 0 Å². The van der Waals surface area contributed by atoms with Crippen molar-refractivity contribution in [1.82, 2.24) is 14.8 Å². The molecule has 0 radical (unpaired) electrons. The molecular formula is C19H18N4OS. The maximum Gasteiger partial charge on any atom is 0.214 e. The number of hydrogen-bond donors (Lipinski definition) is 1. The van der Waals surface area contributed by atoms with Gasteiger partial charge in [0.1, 0.15) is 23.4 Å². The molecule has 5 nitrogen and oxygen atoms in total. The lowest BCUT2D eigenvalue weighted by Crippen LogP contribution is -2.15. The largest absolute Gasteiger partial charge is 0.348 e. The number of ketones is 1. The molecule has 0 saturated carbocycles. The van der Waals surface area contributed by atoms with Gasteiger partial charge in [0, 0.05) is 11.3 Å². The monoisotopic (exact) mass is 350 g/mol. The summed E-state index contributed by atoms with van der Waals surface area (Å²) in [7, 11) is 0. The second kappa shape index (κ2) is 7.81. The first-order valence-electron chi connectivity index (χ1n) is 7.75. The lowest BCUT2D eigenvalue weighted by atomic mass is 10.1. The second-order valence-electron chi connectivity index (χ2n) is 5.41. The third kappa shape index (κ3) is 3.97. The molecule has 25 heavy (non-hydrogen) atoms. The number of rotatable bonds is 6. The fraction of sp³-hybridized carbons (Fsp3) is 0.105. The van der Waals surface area contributed by atoms with Crippen LogP contribution in [0.2, 0.25) is 0 Å². The van der Waals surface area contributed by atoms with Crippen LogP contribution in [0.1, 0.15) is 15.9 Å². The van der Waals surface area contributed by atoms with Crippen molar-refractivity contribution < 1.29 is 4.79 Å². The van der Waals surface area contributed by atoms with Crippen LogP contribution in [-0.4, -0.2) is 26.8 Å². The first kappa shape index (κ1) is 17.0. The summed E-state index contributed by atoms with van der Waals surface area (Å²) >= 11 is 1.46. The Hall–Kier alpha value is -2.86. The molecule has 0 atom stereocenters. The van der Waals surface area contributed by atoms with Crippen molar-refractivity contribution in [2.45, 2.75) is 6.92 Å². The predicted molar refractivity (Wildman–Crippen MR) is 102 cm³/mol. The van der Waals surface area contributed by atoms with Gasteiger partial charge in [0.15, 0.2) is 0 Å². The van der Waals surface area contributed by atoms with Crippen LogP contribution >= 0.6 is 11.8 Å². The molecule has 0 aliphatic heterocycles. The molecule has 3 aromatic rings. The maximum atomic E-state index is 13.1. The Morgan fingerprint density at radius 1 is 1.08 bits per heavy atom. The third-order valence-corrected chi connectivity index (χ3v) is 4.33. The lowest BCUT2D eigenvalue weighted by molar-refractivity contribution is 0.104. The number of aryl methyl sites for hydroxylation is 1. The fourth-order valence-electron chi connectivity index (χ4n) is 2.34. The minimum Gasteiger partial charge on any atom is -0.348 e. The number of anilines is 1. The van der Waals surface area contributed by atoms with Crippen LogP contribution in [-0.2, 0) is 0 Å². The zero-order chi connectivity index (χ0) is 17.6. The van der Waals surface area contributed by atoms with E-state index >= 15 is 0 Å². The molecule has 0 aliphatic carbocycles. The third-order valence-electron chi connectivity index (χ3n) is 3.63. The second-order valence-corrected chi connectivity index (χ2v) is 6.22. The molecule has 2 aromatic carbocycles. The highest BCUT2D eigenvalue weighted by molar-refractivity contribution is 8.02. The molecule has 0 aliphatic rings. The van der Waals surface area contributed by atoms with Crippen molar-refractivity contribution in [3.63, 3.8) is 0 Å². The van der Waals surface area contributed by atoms with Crippen molar-refractivity contribution in [3.8, 4) is 0 Å². The summed E-state index contributed by atoms with van der Waals surface area (Å²) in [6, 6.07) is 17.2. The molecule has 1 N–H and O–H groups in total. The van der Waals surface area contributed by atoms with Gasteiger partial charge in [-0.15, -0.1) is 11.8 Å². The topological polar surface area (TPSA) is 59.8 Å². The van der Waals surface area contributed by atoms with Crippen molar-refractivity contribution in [3.05, 3.63) is 83.4 Å². The number of nitrogens with one attached hydrogen (secondary N) is 1. The molecule has 0 fully saturated rings. The summed E-state index contributed by atoms with van der Waals surface area (Å²) < 4.78 is 1.50. The summed E-state index contributed by atoms with van der Waals surface area (Å²) in [4.78, 5) is 17.1. The molecule has 0 amide bonds. The summed E-state index contributed by atoms with van der Waals surface area (Å²) in [5.41, 5.74) is 3.13.